The van der Waals surface area contributed by atoms with E-state index >= 15 is 0 Å². The highest BCUT2D eigenvalue weighted by Crippen LogP contribution is 2.35. The number of benzene rings is 4. The largest absolute Gasteiger partial charge is 0.493 e. The molecule has 0 bridgehead atoms. The second-order valence-corrected chi connectivity index (χ2v) is 9.92. The van der Waals surface area contributed by atoms with Gasteiger partial charge in [0.1, 0.15) is 0 Å². The molecule has 0 radical (unpaired) electrons. The highest BCUT2D eigenvalue weighted by atomic mass is 35.5. The van der Waals surface area contributed by atoms with Crippen molar-refractivity contribution >= 4 is 35.2 Å². The summed E-state index contributed by atoms with van der Waals surface area (Å²) in [4.78, 5) is 26.3. The Balaban J connectivity index is 0.00000370. The quantitative estimate of drug-likeness (QED) is 0.255. The number of carboxylic acids is 1. The van der Waals surface area contributed by atoms with Crippen molar-refractivity contribution in [3.8, 4) is 11.5 Å². The summed E-state index contributed by atoms with van der Waals surface area (Å²) in [5, 5.41) is 15.4. The number of ether oxygens (including phenoxy) is 2. The number of hydrogen-bond acceptors (Lipinski definition) is 5. The van der Waals surface area contributed by atoms with E-state index in [9.17, 15) is 14.7 Å². The molecule has 0 saturated carbocycles. The Morgan fingerprint density at radius 1 is 0.950 bits per heavy atom. The van der Waals surface area contributed by atoms with Crippen molar-refractivity contribution < 1.29 is 24.2 Å². The van der Waals surface area contributed by atoms with Gasteiger partial charge >= 0.3 is 12.1 Å². The van der Waals surface area contributed by atoms with E-state index in [0.29, 0.717) is 13.1 Å². The number of likely N-dealkylation sites (tertiary alicyclic amines) is 1. The predicted octanol–water partition coefficient (Wildman–Crippen LogP) is 6.53. The molecule has 4 aromatic carbocycles. The first-order valence-corrected chi connectivity index (χ1v) is 13.1. The molecule has 1 fully saturated rings. The van der Waals surface area contributed by atoms with Crippen molar-refractivity contribution in [3.05, 3.63) is 108 Å². The van der Waals surface area contributed by atoms with E-state index < -0.39 is 12.1 Å². The Bertz CT molecular complexity index is 1470. The van der Waals surface area contributed by atoms with E-state index in [1.807, 2.05) is 18.2 Å². The van der Waals surface area contributed by atoms with Gasteiger partial charge in [-0.25, -0.2) is 9.59 Å². The smallest absolute Gasteiger partial charge is 0.415 e. The maximum Gasteiger partial charge on any atom is 0.415 e. The maximum atomic E-state index is 13.2. The van der Waals surface area contributed by atoms with E-state index in [0.717, 1.165) is 6.54 Å². The highest BCUT2D eigenvalue weighted by Gasteiger charge is 2.37. The molecular formula is C32H33ClN2O5. The number of nitrogens with one attached hydrogen (secondary N) is 1. The number of carboxylic acid groups (broad SMARTS) is 1. The van der Waals surface area contributed by atoms with E-state index in [2.05, 4.69) is 66.8 Å². The zero-order valence-corrected chi connectivity index (χ0v) is 23.3. The van der Waals surface area contributed by atoms with Crippen LogP contribution in [0.25, 0.3) is 10.8 Å². The van der Waals surface area contributed by atoms with Gasteiger partial charge in [0.25, 0.3) is 0 Å². The molecular weight excluding hydrogens is 528 g/mol. The van der Waals surface area contributed by atoms with Crippen LogP contribution in [0.15, 0.2) is 91.0 Å². The number of aromatic carboxylic acids is 1. The lowest BCUT2D eigenvalue weighted by Gasteiger charge is -2.23. The molecule has 7 nitrogen and oxygen atoms in total. The van der Waals surface area contributed by atoms with Gasteiger partial charge in [-0.05, 0) is 52.9 Å². The van der Waals surface area contributed by atoms with Crippen molar-refractivity contribution in [1.29, 1.82) is 0 Å². The highest BCUT2D eigenvalue weighted by molar-refractivity contribution is 5.89. The summed E-state index contributed by atoms with van der Waals surface area (Å²) >= 11 is 0. The van der Waals surface area contributed by atoms with Gasteiger partial charge in [0.05, 0.1) is 12.7 Å². The maximum absolute atomic E-state index is 13.2. The van der Waals surface area contributed by atoms with Crippen LogP contribution >= 0.6 is 12.4 Å². The van der Waals surface area contributed by atoms with Crippen LogP contribution in [0, 0.1) is 5.92 Å². The Morgan fingerprint density at radius 2 is 1.68 bits per heavy atom. The van der Waals surface area contributed by atoms with E-state index in [1.165, 1.54) is 47.2 Å². The fourth-order valence-electron chi connectivity index (χ4n) is 5.41. The fraction of sp³-hybridized carbons (Fsp3) is 0.250. The van der Waals surface area contributed by atoms with Gasteiger partial charge in [0.15, 0.2) is 11.5 Å². The van der Waals surface area contributed by atoms with Crippen LogP contribution in [0.2, 0.25) is 0 Å². The van der Waals surface area contributed by atoms with Crippen LogP contribution in [-0.2, 0) is 0 Å². The lowest BCUT2D eigenvalue weighted by atomic mass is 9.88. The average molecular weight is 561 g/mol. The number of carbonyl (C=O) groups excluding carboxylic acids is 1. The SMILES string of the molecule is COc1cc(C(=O)O)ccc1OC(=O)N1C[C@@H](CN[C@H](C)c2cccc3ccccc23)[C@@H](c2ccccc2)C1.Cl. The molecule has 40 heavy (non-hydrogen) atoms. The lowest BCUT2D eigenvalue weighted by Crippen LogP contribution is -2.33. The molecule has 0 spiro atoms. The van der Waals surface area contributed by atoms with Gasteiger partial charge in [0, 0.05) is 31.6 Å². The summed E-state index contributed by atoms with van der Waals surface area (Å²) < 4.78 is 11.0. The molecule has 2 N–H and O–H groups in total. The molecule has 1 aliphatic rings. The summed E-state index contributed by atoms with van der Waals surface area (Å²) in [5.41, 5.74) is 2.49. The second-order valence-electron chi connectivity index (χ2n) is 9.92. The van der Waals surface area contributed by atoms with Gasteiger partial charge in [-0.3, -0.25) is 0 Å². The fourth-order valence-corrected chi connectivity index (χ4v) is 5.41. The topological polar surface area (TPSA) is 88.1 Å². The van der Waals surface area contributed by atoms with Crippen LogP contribution in [-0.4, -0.2) is 48.8 Å². The van der Waals surface area contributed by atoms with Crippen molar-refractivity contribution in [2.24, 2.45) is 5.92 Å². The number of nitrogens with zero attached hydrogens (tertiary/aromatic N) is 1. The standard InChI is InChI=1S/C32H32N2O5.ClH/c1-21(26-14-8-12-22-11-6-7-13-27(22)26)33-18-25-19-34(20-28(25)23-9-4-3-5-10-23)32(37)39-29-16-15-24(31(35)36)17-30(29)38-2;/h3-17,21,25,28,33H,18-20H2,1-2H3,(H,35,36);1H/t21-,25-,28-;/m1./s1. The predicted molar refractivity (Wildman–Crippen MR) is 158 cm³/mol. The molecule has 0 unspecified atom stereocenters. The number of amides is 1. The molecule has 0 aliphatic carbocycles. The summed E-state index contributed by atoms with van der Waals surface area (Å²) in [5.74, 6) is -0.375. The first kappa shape index (κ1) is 28.9. The minimum absolute atomic E-state index is 0. The first-order chi connectivity index (χ1) is 18.9. The molecule has 5 rings (SSSR count). The van der Waals surface area contributed by atoms with Crippen molar-refractivity contribution in [3.63, 3.8) is 0 Å². The van der Waals surface area contributed by atoms with Gasteiger partial charge < -0.3 is 24.8 Å². The molecule has 4 aromatic rings. The molecule has 1 heterocycles. The number of hydrogen-bond donors (Lipinski definition) is 2. The molecule has 1 amide bonds. The Kier molecular flexibility index (Phi) is 9.30. The molecule has 1 saturated heterocycles. The van der Waals surface area contributed by atoms with E-state index in [1.54, 1.807) is 4.90 Å². The van der Waals surface area contributed by atoms with E-state index in [4.69, 9.17) is 9.47 Å². The van der Waals surface area contributed by atoms with Gasteiger partial charge in [-0.15, -0.1) is 12.4 Å². The van der Waals surface area contributed by atoms with Crippen LogP contribution < -0.4 is 14.8 Å². The minimum atomic E-state index is -1.08. The van der Waals surface area contributed by atoms with Crippen molar-refractivity contribution in [2.45, 2.75) is 18.9 Å². The number of halogens is 1. The molecule has 208 valence electrons. The van der Waals surface area contributed by atoms with E-state index in [-0.39, 0.29) is 47.3 Å². The summed E-state index contributed by atoms with van der Waals surface area (Å²) in [6.45, 7) is 3.95. The Hall–Kier alpha value is -4.07. The second kappa shape index (κ2) is 12.9. The normalized spacial score (nSPS) is 17.2. The monoisotopic (exact) mass is 560 g/mol. The molecule has 8 heteroatoms. The van der Waals surface area contributed by atoms with Gasteiger partial charge in [-0.2, -0.15) is 0 Å². The number of carbonyl (C=O) groups is 2. The van der Waals surface area contributed by atoms with Crippen molar-refractivity contribution in [2.75, 3.05) is 26.7 Å². The zero-order valence-electron chi connectivity index (χ0n) is 22.4. The summed E-state index contributed by atoms with van der Waals surface area (Å²) in [7, 11) is 1.42. The third-order valence-electron chi connectivity index (χ3n) is 7.51. The summed E-state index contributed by atoms with van der Waals surface area (Å²) in [6.07, 6.45) is -0.484. The number of methoxy groups -OCH3 is 1. The van der Waals surface area contributed by atoms with Gasteiger partial charge in [0.2, 0.25) is 0 Å². The van der Waals surface area contributed by atoms with Crippen molar-refractivity contribution in [1.82, 2.24) is 10.2 Å². The molecule has 0 aromatic heterocycles. The first-order valence-electron chi connectivity index (χ1n) is 13.1. The third-order valence-corrected chi connectivity index (χ3v) is 7.51. The number of fused-ring (bicyclic) bond motifs is 1. The lowest BCUT2D eigenvalue weighted by molar-refractivity contribution is 0.0696. The molecule has 1 aliphatic heterocycles. The number of rotatable bonds is 8. The Morgan fingerprint density at radius 3 is 2.42 bits per heavy atom. The third kappa shape index (κ3) is 6.22. The van der Waals surface area contributed by atoms with Gasteiger partial charge in [-0.1, -0.05) is 72.8 Å². The van der Waals surface area contributed by atoms with Crippen LogP contribution in [0.5, 0.6) is 11.5 Å². The summed E-state index contributed by atoms with van der Waals surface area (Å²) in [6, 6.07) is 29.4. The minimum Gasteiger partial charge on any atom is -0.493 e. The van der Waals surface area contributed by atoms with Crippen LogP contribution in [0.4, 0.5) is 4.79 Å². The Labute approximate surface area is 240 Å². The average Bonchev–Trinajstić information content (AvgIpc) is 3.40. The van der Waals surface area contributed by atoms with Crippen LogP contribution in [0.3, 0.4) is 0 Å². The van der Waals surface area contributed by atoms with Crippen LogP contribution in [0.1, 0.15) is 40.4 Å². The molecule has 3 atom stereocenters. The zero-order chi connectivity index (χ0) is 27.4.